The van der Waals surface area contributed by atoms with Crippen molar-refractivity contribution in [2.24, 2.45) is 16.2 Å². The third-order valence-corrected chi connectivity index (χ3v) is 13.6. The largest absolute Gasteiger partial charge is 1.00 e. The van der Waals surface area contributed by atoms with Gasteiger partial charge in [-0.05, 0) is 66.0 Å². The van der Waals surface area contributed by atoms with Crippen LogP contribution in [0.5, 0.6) is 0 Å². The van der Waals surface area contributed by atoms with E-state index in [9.17, 15) is 31.1 Å². The Morgan fingerprint density at radius 3 is 0.675 bits per heavy atom. The third kappa shape index (κ3) is 30.2. The minimum absolute atomic E-state index is 0. The number of rotatable bonds is 0. The first kappa shape index (κ1) is 53.3. The maximum Gasteiger partial charge on any atom is 1.00 e. The van der Waals surface area contributed by atoms with Crippen LogP contribution in [0.2, 0.25) is 0 Å². The van der Waals surface area contributed by atoms with Crippen LogP contribution in [-0.4, -0.2) is 56.4 Å². The summed E-state index contributed by atoms with van der Waals surface area (Å²) < 4.78 is 52.1. The molecule has 0 heterocycles. The Morgan fingerprint density at radius 1 is 0.575 bits per heavy atom. The monoisotopic (exact) mass is 644 g/mol. The number of carbonyl (C=O) groups is 1. The molecule has 0 aliphatic heterocycles. The molecule has 0 aliphatic rings. The number of hydrogen-bond donors (Lipinski definition) is 0. The minimum atomic E-state index is -3.10. The van der Waals surface area contributed by atoms with Crippen LogP contribution in [0.4, 0.5) is 0 Å². The van der Waals surface area contributed by atoms with E-state index in [1.807, 2.05) is 20.8 Å². The van der Waals surface area contributed by atoms with Gasteiger partial charge in [-0.25, -0.2) is 16.8 Å². The molecule has 0 N–H and O–H groups in total. The van der Waals surface area contributed by atoms with Crippen LogP contribution in [0.25, 0.3) is 0 Å². The molecule has 0 aliphatic carbocycles. The summed E-state index contributed by atoms with van der Waals surface area (Å²) in [6.45, 7) is 37.4. The molecule has 1 atom stereocenters. The Hall–Kier alpha value is 0.760. The van der Waals surface area contributed by atoms with Gasteiger partial charge >= 0.3 is 29.6 Å². The third-order valence-electron chi connectivity index (χ3n) is 6.75. The number of carbonyl (C=O) groups excluding carboxylic acids is 1. The average Bonchev–Trinajstić information content (AvgIpc) is 2.48. The van der Waals surface area contributed by atoms with Crippen molar-refractivity contribution in [3.05, 3.63) is 0 Å². The minimum Gasteiger partial charge on any atom is -0.799 e. The van der Waals surface area contributed by atoms with E-state index in [0.717, 1.165) is 0 Å². The molecule has 40 heavy (non-hydrogen) atoms. The van der Waals surface area contributed by atoms with Crippen LogP contribution in [0, 0.1) is 16.2 Å². The first-order chi connectivity index (χ1) is 15.9. The van der Waals surface area contributed by atoms with E-state index in [1.54, 1.807) is 69.2 Å². The molecule has 0 fully saturated rings. The van der Waals surface area contributed by atoms with Crippen molar-refractivity contribution in [1.29, 1.82) is 0 Å². The fourth-order valence-electron chi connectivity index (χ4n) is 0. The molecular formula is C29H66NaO7PS2. The van der Waals surface area contributed by atoms with Gasteiger partial charge in [0.05, 0.1) is 9.49 Å². The summed E-state index contributed by atoms with van der Waals surface area (Å²) in [4.78, 5) is 21.1. The Morgan fingerprint density at radius 2 is 0.675 bits per heavy atom. The SMILES string of the molecule is CC(=O)C(C)(C)C.CC(C)(C)C(C)(C)C.CC(C)(C)P(C)(=O)[O-].CC(C)(C)S(C)(=O)=O.CC(C)(C)S(C)(=O)=O.[Na+]. The number of sulfone groups is 2. The smallest absolute Gasteiger partial charge is 0.799 e. The van der Waals surface area contributed by atoms with Gasteiger partial charge in [0.1, 0.15) is 5.78 Å². The van der Waals surface area contributed by atoms with Crippen molar-refractivity contribution in [2.45, 2.75) is 146 Å². The first-order valence-electron chi connectivity index (χ1n) is 13.1. The molecule has 0 spiro atoms. The van der Waals surface area contributed by atoms with E-state index in [-0.39, 0.29) is 40.8 Å². The molecule has 242 valence electrons. The summed E-state index contributed by atoms with van der Waals surface area (Å²) >= 11 is 0. The second-order valence-corrected chi connectivity index (χ2v) is 24.7. The zero-order valence-corrected chi connectivity index (χ0v) is 35.1. The number of Topliss-reactive ketones (excluding diaryl/α,β-unsaturated/α-hetero) is 1. The molecule has 0 aromatic heterocycles. The predicted octanol–water partition coefficient (Wildman–Crippen LogP) is 4.42. The van der Waals surface area contributed by atoms with Crippen LogP contribution in [0.15, 0.2) is 0 Å². The van der Waals surface area contributed by atoms with E-state index in [2.05, 4.69) is 41.5 Å². The zero-order chi connectivity index (χ0) is 34.1. The van der Waals surface area contributed by atoms with Gasteiger partial charge in [-0.2, -0.15) is 0 Å². The van der Waals surface area contributed by atoms with Crippen molar-refractivity contribution in [1.82, 2.24) is 0 Å². The maximum atomic E-state index is 10.7. The van der Waals surface area contributed by atoms with E-state index in [1.165, 1.54) is 19.2 Å². The fourth-order valence-corrected chi connectivity index (χ4v) is 0. The van der Waals surface area contributed by atoms with E-state index in [4.69, 9.17) is 0 Å². The molecule has 0 aromatic rings. The molecule has 0 radical (unpaired) electrons. The second kappa shape index (κ2) is 17.9. The number of hydrogen-bond acceptors (Lipinski definition) is 7. The molecule has 0 rings (SSSR count). The normalized spacial score (nSPS) is 14.5. The average molecular weight is 645 g/mol. The molecule has 0 amide bonds. The molecular weight excluding hydrogens is 578 g/mol. The van der Waals surface area contributed by atoms with Crippen molar-refractivity contribution in [2.75, 3.05) is 19.2 Å². The second-order valence-electron chi connectivity index (χ2n) is 16.1. The van der Waals surface area contributed by atoms with Gasteiger partial charge in [0.2, 0.25) is 0 Å². The fraction of sp³-hybridized carbons (Fsp3) is 0.966. The van der Waals surface area contributed by atoms with Gasteiger partial charge in [-0.1, -0.05) is 83.1 Å². The van der Waals surface area contributed by atoms with E-state index >= 15 is 0 Å². The predicted molar refractivity (Wildman–Crippen MR) is 172 cm³/mol. The topological polar surface area (TPSA) is 125 Å². The Labute approximate surface area is 273 Å². The van der Waals surface area contributed by atoms with Gasteiger partial charge in [0, 0.05) is 30.5 Å². The number of ketones is 1. The molecule has 0 saturated heterocycles. The summed E-state index contributed by atoms with van der Waals surface area (Å²) in [6, 6.07) is 0. The van der Waals surface area contributed by atoms with Crippen molar-refractivity contribution in [3.8, 4) is 0 Å². The molecule has 0 saturated carbocycles. The van der Waals surface area contributed by atoms with Gasteiger partial charge in [0.25, 0.3) is 0 Å². The first-order valence-corrected chi connectivity index (χ1v) is 19.0. The summed E-state index contributed by atoms with van der Waals surface area (Å²) in [5.41, 5.74) is 0.736. The maximum absolute atomic E-state index is 10.7. The van der Waals surface area contributed by atoms with Crippen molar-refractivity contribution in [3.63, 3.8) is 0 Å². The molecule has 1 unspecified atom stereocenters. The van der Waals surface area contributed by atoms with Gasteiger partial charge < -0.3 is 9.46 Å². The van der Waals surface area contributed by atoms with Crippen molar-refractivity contribution < 1.29 is 60.6 Å². The zero-order valence-electron chi connectivity index (χ0n) is 30.6. The van der Waals surface area contributed by atoms with Crippen LogP contribution in [0.3, 0.4) is 0 Å². The van der Waals surface area contributed by atoms with E-state index in [0.29, 0.717) is 10.8 Å². The van der Waals surface area contributed by atoms with Crippen molar-refractivity contribution >= 4 is 32.8 Å². The quantitative estimate of drug-likeness (QED) is 0.282. The van der Waals surface area contributed by atoms with Gasteiger partial charge in [0.15, 0.2) is 19.7 Å². The Kier molecular flexibility index (Phi) is 23.9. The molecule has 0 bridgehead atoms. The van der Waals surface area contributed by atoms with Gasteiger partial charge in [-0.3, -0.25) is 4.79 Å². The van der Waals surface area contributed by atoms with Crippen LogP contribution >= 0.6 is 7.37 Å². The summed E-state index contributed by atoms with van der Waals surface area (Å²) in [5.74, 6) is 0.243. The summed E-state index contributed by atoms with van der Waals surface area (Å²) in [6.07, 6.45) is 2.49. The standard InChI is InChI=1S/C8H18.C6H12O.C5H13O2P.2C5H12O2S.Na/c1-7(2,3)8(4,5)6;1-5(7)6(2,3)4;3*1-5(2,3)8(4,6)7;/h1-6H3;1-4H3;1-4H3,(H,6,7);2*1-4H3;/q;;;;;+1/p-1. The summed E-state index contributed by atoms with van der Waals surface area (Å²) in [7, 11) is -8.78. The van der Waals surface area contributed by atoms with E-state index < -0.39 is 41.7 Å². The Balaban J connectivity index is -0.0000000898. The molecule has 0 aromatic carbocycles. The van der Waals surface area contributed by atoms with Crippen LogP contribution in [-0.2, 0) is 29.0 Å². The van der Waals surface area contributed by atoms with Gasteiger partial charge in [-0.15, -0.1) is 0 Å². The van der Waals surface area contributed by atoms with Crippen LogP contribution < -0.4 is 34.5 Å². The van der Waals surface area contributed by atoms with Crippen LogP contribution in [0.1, 0.15) is 132 Å². The molecule has 7 nitrogen and oxygen atoms in total. The summed E-state index contributed by atoms with van der Waals surface area (Å²) in [5, 5.41) is -0.562. The molecule has 11 heteroatoms. The Bertz CT molecular complexity index is 914.